The maximum absolute atomic E-state index is 12.3. The Bertz CT molecular complexity index is 688. The van der Waals surface area contributed by atoms with Gasteiger partial charge in [0.25, 0.3) is 0 Å². The second-order valence-electron chi connectivity index (χ2n) is 4.78. The van der Waals surface area contributed by atoms with Crippen molar-refractivity contribution in [3.63, 3.8) is 0 Å². The van der Waals surface area contributed by atoms with Crippen molar-refractivity contribution in [1.29, 1.82) is 0 Å². The molecule has 1 aromatic carbocycles. The maximum atomic E-state index is 12.3. The van der Waals surface area contributed by atoms with Crippen LogP contribution in [0.3, 0.4) is 0 Å². The van der Waals surface area contributed by atoms with E-state index in [1.165, 1.54) is 4.68 Å². The van der Waals surface area contributed by atoms with Crippen LogP contribution in [0.4, 0.5) is 0 Å². The molecule has 1 aliphatic carbocycles. The summed E-state index contributed by atoms with van der Waals surface area (Å²) in [6, 6.07) is 9.44. The molecule has 0 bridgehead atoms. The van der Waals surface area contributed by atoms with Gasteiger partial charge in [-0.1, -0.05) is 30.3 Å². The Morgan fingerprint density at radius 3 is 2.58 bits per heavy atom. The van der Waals surface area contributed by atoms with E-state index in [9.17, 15) is 8.42 Å². The van der Waals surface area contributed by atoms with Crippen molar-refractivity contribution in [2.45, 2.75) is 23.8 Å². The first kappa shape index (κ1) is 12.4. The monoisotopic (exact) mass is 277 g/mol. The number of hydrogen-bond acceptors (Lipinski definition) is 3. The molecule has 3 rings (SSSR count). The van der Waals surface area contributed by atoms with Crippen molar-refractivity contribution < 1.29 is 8.42 Å². The molecule has 1 aromatic heterocycles. The smallest absolute Gasteiger partial charge is 0.244 e. The molecule has 1 N–H and O–H groups in total. The van der Waals surface area contributed by atoms with Crippen molar-refractivity contribution >= 4 is 10.0 Å². The first-order valence-electron chi connectivity index (χ1n) is 6.18. The Labute approximate surface area is 112 Å². The highest BCUT2D eigenvalue weighted by atomic mass is 32.2. The number of aryl methyl sites for hydroxylation is 1. The third kappa shape index (κ3) is 2.54. The van der Waals surface area contributed by atoms with E-state index in [0.717, 1.165) is 18.4 Å². The van der Waals surface area contributed by atoms with Gasteiger partial charge in [0.05, 0.1) is 0 Å². The van der Waals surface area contributed by atoms with Crippen molar-refractivity contribution in [2.75, 3.05) is 0 Å². The van der Waals surface area contributed by atoms with Crippen LogP contribution in [0.15, 0.2) is 41.4 Å². The molecule has 5 nitrogen and oxygen atoms in total. The zero-order valence-electron chi connectivity index (χ0n) is 10.6. The molecule has 1 fully saturated rings. The van der Waals surface area contributed by atoms with E-state index in [0.29, 0.717) is 5.69 Å². The number of aromatic nitrogens is 2. The number of nitrogens with one attached hydrogen (secondary N) is 1. The number of hydrogen-bond donors (Lipinski definition) is 1. The van der Waals surface area contributed by atoms with Crippen molar-refractivity contribution in [2.24, 2.45) is 7.05 Å². The first-order valence-corrected chi connectivity index (χ1v) is 7.66. The highest BCUT2D eigenvalue weighted by molar-refractivity contribution is 7.89. The fraction of sp³-hybridized carbons (Fsp3) is 0.308. The summed E-state index contributed by atoms with van der Waals surface area (Å²) in [6.45, 7) is 0. The average Bonchev–Trinajstić information content (AvgIpc) is 3.08. The summed E-state index contributed by atoms with van der Waals surface area (Å²) < 4.78 is 28.9. The third-order valence-electron chi connectivity index (χ3n) is 3.03. The molecular weight excluding hydrogens is 262 g/mol. The van der Waals surface area contributed by atoms with Crippen molar-refractivity contribution in [3.8, 4) is 11.3 Å². The normalized spacial score (nSPS) is 15.6. The van der Waals surface area contributed by atoms with Gasteiger partial charge in [0.15, 0.2) is 0 Å². The summed E-state index contributed by atoms with van der Waals surface area (Å²) in [6.07, 6.45) is 3.38. The lowest BCUT2D eigenvalue weighted by Crippen LogP contribution is -2.25. The van der Waals surface area contributed by atoms with Gasteiger partial charge >= 0.3 is 0 Å². The van der Waals surface area contributed by atoms with Crippen LogP contribution in [-0.4, -0.2) is 24.2 Å². The number of sulfonamides is 1. The highest BCUT2D eigenvalue weighted by Gasteiger charge is 2.30. The lowest BCUT2D eigenvalue weighted by atomic mass is 10.2. The average molecular weight is 277 g/mol. The topological polar surface area (TPSA) is 64.0 Å². The van der Waals surface area contributed by atoms with E-state index in [4.69, 9.17) is 0 Å². The number of rotatable bonds is 4. The van der Waals surface area contributed by atoms with Crippen molar-refractivity contribution in [1.82, 2.24) is 14.5 Å². The molecule has 0 radical (unpaired) electrons. The largest absolute Gasteiger partial charge is 0.274 e. The predicted octanol–water partition coefficient (Wildman–Crippen LogP) is 1.53. The van der Waals surface area contributed by atoms with Gasteiger partial charge in [-0.15, -0.1) is 0 Å². The second-order valence-corrected chi connectivity index (χ2v) is 6.46. The molecule has 1 heterocycles. The van der Waals surface area contributed by atoms with Gasteiger partial charge in [0, 0.05) is 24.8 Å². The predicted molar refractivity (Wildman–Crippen MR) is 72.0 cm³/mol. The van der Waals surface area contributed by atoms with Crippen LogP contribution in [0.1, 0.15) is 12.8 Å². The van der Waals surface area contributed by atoms with Gasteiger partial charge in [0.2, 0.25) is 10.0 Å². The standard InChI is InChI=1S/C13H15N3O2S/c1-16-9-12(19(17,18)15-11-7-8-11)13(14-16)10-5-3-2-4-6-10/h2-6,9,11,15H,7-8H2,1H3. The Kier molecular flexibility index (Phi) is 2.91. The quantitative estimate of drug-likeness (QED) is 0.921. The van der Waals surface area contributed by atoms with Gasteiger partial charge in [-0.3, -0.25) is 4.68 Å². The van der Waals surface area contributed by atoms with E-state index < -0.39 is 10.0 Å². The zero-order chi connectivity index (χ0) is 13.5. The fourth-order valence-electron chi connectivity index (χ4n) is 1.94. The molecule has 19 heavy (non-hydrogen) atoms. The van der Waals surface area contributed by atoms with Gasteiger partial charge in [-0.2, -0.15) is 5.10 Å². The van der Waals surface area contributed by atoms with Crippen molar-refractivity contribution in [3.05, 3.63) is 36.5 Å². The summed E-state index contributed by atoms with van der Waals surface area (Å²) in [5.74, 6) is 0. The van der Waals surface area contributed by atoms with E-state index in [-0.39, 0.29) is 10.9 Å². The fourth-order valence-corrected chi connectivity index (χ4v) is 3.45. The van der Waals surface area contributed by atoms with Crippen LogP contribution in [-0.2, 0) is 17.1 Å². The van der Waals surface area contributed by atoms with Crippen LogP contribution in [0.5, 0.6) is 0 Å². The van der Waals surface area contributed by atoms with E-state index in [2.05, 4.69) is 9.82 Å². The third-order valence-corrected chi connectivity index (χ3v) is 4.55. The summed E-state index contributed by atoms with van der Waals surface area (Å²) in [5.41, 5.74) is 1.30. The molecule has 100 valence electrons. The van der Waals surface area contributed by atoms with Gasteiger partial charge in [0.1, 0.15) is 10.6 Å². The summed E-state index contributed by atoms with van der Waals surface area (Å²) in [4.78, 5) is 0.244. The Morgan fingerprint density at radius 2 is 1.95 bits per heavy atom. The molecule has 1 aliphatic rings. The summed E-state index contributed by atoms with van der Waals surface area (Å²) in [7, 11) is -1.76. The molecule has 6 heteroatoms. The zero-order valence-corrected chi connectivity index (χ0v) is 11.4. The molecule has 0 aliphatic heterocycles. The van der Waals surface area contributed by atoms with Crippen LogP contribution < -0.4 is 4.72 Å². The molecule has 0 spiro atoms. The highest BCUT2D eigenvalue weighted by Crippen LogP contribution is 2.28. The molecule has 0 unspecified atom stereocenters. The minimum atomic E-state index is -3.49. The molecule has 2 aromatic rings. The minimum Gasteiger partial charge on any atom is -0.274 e. The lowest BCUT2D eigenvalue weighted by molar-refractivity contribution is 0.581. The van der Waals surface area contributed by atoms with E-state index in [1.807, 2.05) is 30.3 Å². The minimum absolute atomic E-state index is 0.0915. The Balaban J connectivity index is 2.06. The molecule has 0 saturated heterocycles. The Hall–Kier alpha value is -1.66. The van der Waals surface area contributed by atoms with E-state index in [1.54, 1.807) is 13.2 Å². The molecular formula is C13H15N3O2S. The van der Waals surface area contributed by atoms with Gasteiger partial charge < -0.3 is 0 Å². The SMILES string of the molecule is Cn1cc(S(=O)(=O)NC2CC2)c(-c2ccccc2)n1. The number of benzene rings is 1. The van der Waals surface area contributed by atoms with Crippen LogP contribution >= 0.6 is 0 Å². The number of nitrogens with zero attached hydrogens (tertiary/aromatic N) is 2. The van der Waals surface area contributed by atoms with Gasteiger partial charge in [-0.05, 0) is 12.8 Å². The lowest BCUT2D eigenvalue weighted by Gasteiger charge is -2.05. The molecule has 0 amide bonds. The summed E-state index contributed by atoms with van der Waals surface area (Å²) in [5, 5.41) is 4.27. The summed E-state index contributed by atoms with van der Waals surface area (Å²) >= 11 is 0. The second kappa shape index (κ2) is 4.47. The Morgan fingerprint density at radius 1 is 1.26 bits per heavy atom. The van der Waals surface area contributed by atoms with Crippen LogP contribution in [0.2, 0.25) is 0 Å². The maximum Gasteiger partial charge on any atom is 0.244 e. The molecule has 0 atom stereocenters. The van der Waals surface area contributed by atoms with E-state index >= 15 is 0 Å². The van der Waals surface area contributed by atoms with Crippen LogP contribution in [0.25, 0.3) is 11.3 Å². The first-order chi connectivity index (χ1) is 9.06. The van der Waals surface area contributed by atoms with Gasteiger partial charge in [-0.25, -0.2) is 13.1 Å². The van der Waals surface area contributed by atoms with Crippen LogP contribution in [0, 0.1) is 0 Å². The molecule has 1 saturated carbocycles.